The summed E-state index contributed by atoms with van der Waals surface area (Å²) in [5.74, 6) is 1.88. The van der Waals surface area contributed by atoms with Crippen molar-refractivity contribution in [3.8, 4) is 11.5 Å². The van der Waals surface area contributed by atoms with Crippen LogP contribution in [0.2, 0.25) is 0 Å². The molecule has 0 saturated carbocycles. The number of para-hydroxylation sites is 1. The van der Waals surface area contributed by atoms with Crippen LogP contribution in [0.15, 0.2) is 42.5 Å². The van der Waals surface area contributed by atoms with Crippen molar-refractivity contribution in [1.82, 2.24) is 4.90 Å². The number of hydrogen-bond acceptors (Lipinski definition) is 2. The molecule has 20 heavy (non-hydrogen) atoms. The minimum Gasteiger partial charge on any atom is -0.456 e. The first-order valence-electron chi connectivity index (χ1n) is 6.96. The van der Waals surface area contributed by atoms with Gasteiger partial charge in [0.25, 0.3) is 0 Å². The predicted octanol–water partition coefficient (Wildman–Crippen LogP) is 2.35. The average Bonchev–Trinajstić information content (AvgIpc) is 2.45. The van der Waals surface area contributed by atoms with Crippen molar-refractivity contribution in [2.45, 2.75) is 6.42 Å². The highest BCUT2D eigenvalue weighted by atomic mass is 16.5. The van der Waals surface area contributed by atoms with Crippen LogP contribution in [-0.2, 0) is 0 Å². The zero-order chi connectivity index (χ0) is 13.9. The Hall–Kier alpha value is -2.06. The van der Waals surface area contributed by atoms with Crippen LogP contribution >= 0.6 is 0 Å². The molecule has 0 aromatic heterocycles. The molecular weight excluding hydrogens is 246 g/mol. The van der Waals surface area contributed by atoms with Crippen LogP contribution < -0.4 is 15.2 Å². The van der Waals surface area contributed by atoms with E-state index in [1.54, 1.807) is 0 Å². The zero-order valence-electron chi connectivity index (χ0n) is 12.0. The van der Waals surface area contributed by atoms with Gasteiger partial charge >= 0.3 is 0 Å². The number of benzene rings is 2. The highest BCUT2D eigenvalue weighted by Crippen LogP contribution is 2.26. The first-order chi connectivity index (χ1) is 9.74. The normalized spacial score (nSPS) is 13.4. The molecule has 0 bridgehead atoms. The molecule has 2 aromatic rings. The van der Waals surface area contributed by atoms with Gasteiger partial charge in [-0.25, -0.2) is 0 Å². The molecule has 2 nitrogen and oxygen atoms in total. The monoisotopic (exact) mass is 265 g/mol. The van der Waals surface area contributed by atoms with Gasteiger partial charge in [-0.1, -0.05) is 36.4 Å². The summed E-state index contributed by atoms with van der Waals surface area (Å²) in [5.41, 5.74) is 1.15. The maximum atomic E-state index is 5.98. The first kappa shape index (κ1) is 12.9. The molecule has 0 fully saturated rings. The summed E-state index contributed by atoms with van der Waals surface area (Å²) in [6.07, 6.45) is 5.54. The summed E-state index contributed by atoms with van der Waals surface area (Å²) in [6, 6.07) is 14.4. The Labute approximate surface area is 119 Å². The molecule has 0 amide bonds. The quantitative estimate of drug-likeness (QED) is 0.721. The molecule has 102 valence electrons. The van der Waals surface area contributed by atoms with Gasteiger partial charge in [-0.2, -0.15) is 0 Å². The Morgan fingerprint density at radius 3 is 2.65 bits per heavy atom. The van der Waals surface area contributed by atoms with Crippen molar-refractivity contribution in [3.05, 3.63) is 58.5 Å². The molecule has 1 heterocycles. The molecule has 0 unspecified atom stereocenters. The highest BCUT2D eigenvalue weighted by Gasteiger charge is 2.09. The standard InChI is InChI=1S/C18H19NO/c1-19(2)12-6-9-14-8-5-11-18-16(14)13-15-7-3-4-10-17(15)20-18/h3-5,7-11,13H,6,12H2,1-2H3. The Kier molecular flexibility index (Phi) is 3.57. The molecule has 1 aliphatic heterocycles. The van der Waals surface area contributed by atoms with Crippen molar-refractivity contribution in [1.29, 1.82) is 0 Å². The van der Waals surface area contributed by atoms with Crippen LogP contribution in [-0.4, -0.2) is 25.5 Å². The Bertz CT molecular complexity index is 731. The summed E-state index contributed by atoms with van der Waals surface area (Å²) in [4.78, 5) is 2.20. The molecule has 0 radical (unpaired) electrons. The summed E-state index contributed by atoms with van der Waals surface area (Å²) in [6.45, 7) is 1.06. The molecule has 3 rings (SSSR count). The number of ether oxygens (including phenoxy) is 1. The molecule has 0 spiro atoms. The third-order valence-electron chi connectivity index (χ3n) is 3.48. The molecule has 2 aromatic carbocycles. The van der Waals surface area contributed by atoms with Crippen molar-refractivity contribution in [3.63, 3.8) is 0 Å². The van der Waals surface area contributed by atoms with E-state index in [1.165, 1.54) is 10.4 Å². The molecule has 0 aliphatic carbocycles. The van der Waals surface area contributed by atoms with Crippen LogP contribution in [0, 0.1) is 0 Å². The maximum absolute atomic E-state index is 5.98. The first-order valence-corrected chi connectivity index (χ1v) is 6.96. The molecular formula is C18H19NO. The van der Waals surface area contributed by atoms with Crippen LogP contribution in [0.3, 0.4) is 0 Å². The SMILES string of the molecule is CN(C)CCC=c1cccc2c1=Cc1ccccc1O2. The minimum atomic E-state index is 0.936. The maximum Gasteiger partial charge on any atom is 0.135 e. The molecule has 1 aliphatic rings. The van der Waals surface area contributed by atoms with Crippen LogP contribution in [0.5, 0.6) is 11.5 Å². The largest absolute Gasteiger partial charge is 0.456 e. The van der Waals surface area contributed by atoms with Crippen LogP contribution in [0.4, 0.5) is 0 Å². The van der Waals surface area contributed by atoms with Gasteiger partial charge in [0.05, 0.1) is 0 Å². The lowest BCUT2D eigenvalue weighted by molar-refractivity contribution is 0.421. The number of rotatable bonds is 3. The molecule has 2 heteroatoms. The second kappa shape index (κ2) is 5.51. The van der Waals surface area contributed by atoms with Crippen molar-refractivity contribution in [2.24, 2.45) is 0 Å². The van der Waals surface area contributed by atoms with E-state index in [2.05, 4.69) is 49.3 Å². The highest BCUT2D eigenvalue weighted by molar-refractivity contribution is 5.63. The fourth-order valence-corrected chi connectivity index (χ4v) is 2.43. The molecule has 0 atom stereocenters. The smallest absolute Gasteiger partial charge is 0.135 e. The van der Waals surface area contributed by atoms with Crippen LogP contribution in [0.25, 0.3) is 12.2 Å². The van der Waals surface area contributed by atoms with E-state index in [9.17, 15) is 0 Å². The Morgan fingerprint density at radius 1 is 1.00 bits per heavy atom. The predicted molar refractivity (Wildman–Crippen MR) is 83.4 cm³/mol. The van der Waals surface area contributed by atoms with Gasteiger partial charge in [-0.3, -0.25) is 0 Å². The molecule has 0 saturated heterocycles. The average molecular weight is 265 g/mol. The number of hydrogen-bond donors (Lipinski definition) is 0. The fourth-order valence-electron chi connectivity index (χ4n) is 2.43. The van der Waals surface area contributed by atoms with E-state index in [0.29, 0.717) is 0 Å². The van der Waals surface area contributed by atoms with Gasteiger partial charge in [0.2, 0.25) is 0 Å². The topological polar surface area (TPSA) is 12.5 Å². The minimum absolute atomic E-state index is 0.936. The van der Waals surface area contributed by atoms with E-state index in [4.69, 9.17) is 4.74 Å². The van der Waals surface area contributed by atoms with E-state index in [0.717, 1.165) is 30.0 Å². The third-order valence-corrected chi connectivity index (χ3v) is 3.48. The van der Waals surface area contributed by atoms with E-state index < -0.39 is 0 Å². The third kappa shape index (κ3) is 2.61. The molecule has 0 N–H and O–H groups in total. The van der Waals surface area contributed by atoms with E-state index >= 15 is 0 Å². The number of fused-ring (bicyclic) bond motifs is 2. The van der Waals surface area contributed by atoms with Gasteiger partial charge in [0, 0.05) is 17.3 Å². The Morgan fingerprint density at radius 2 is 1.80 bits per heavy atom. The zero-order valence-corrected chi connectivity index (χ0v) is 12.0. The lowest BCUT2D eigenvalue weighted by Crippen LogP contribution is -2.28. The summed E-state index contributed by atoms with van der Waals surface area (Å²) in [7, 11) is 4.19. The lowest BCUT2D eigenvalue weighted by Gasteiger charge is -2.14. The number of nitrogens with zero attached hydrogens (tertiary/aromatic N) is 1. The fraction of sp³-hybridized carbons (Fsp3) is 0.222. The van der Waals surface area contributed by atoms with Gasteiger partial charge < -0.3 is 9.64 Å². The van der Waals surface area contributed by atoms with Gasteiger partial charge in [-0.05, 0) is 43.9 Å². The van der Waals surface area contributed by atoms with Crippen LogP contribution in [0.1, 0.15) is 12.0 Å². The van der Waals surface area contributed by atoms with Crippen molar-refractivity contribution >= 4 is 12.2 Å². The van der Waals surface area contributed by atoms with Gasteiger partial charge in [0.1, 0.15) is 11.5 Å². The van der Waals surface area contributed by atoms with Gasteiger partial charge in [0.15, 0.2) is 0 Å². The van der Waals surface area contributed by atoms with Gasteiger partial charge in [-0.15, -0.1) is 0 Å². The summed E-state index contributed by atoms with van der Waals surface area (Å²) >= 11 is 0. The van der Waals surface area contributed by atoms with Crippen molar-refractivity contribution < 1.29 is 4.74 Å². The lowest BCUT2D eigenvalue weighted by atomic mass is 10.1. The van der Waals surface area contributed by atoms with E-state index in [1.807, 2.05) is 24.3 Å². The second-order valence-electron chi connectivity index (χ2n) is 5.34. The second-order valence-corrected chi connectivity index (χ2v) is 5.34. The summed E-state index contributed by atoms with van der Waals surface area (Å²) < 4.78 is 5.98. The summed E-state index contributed by atoms with van der Waals surface area (Å²) in [5, 5.41) is 2.43. The van der Waals surface area contributed by atoms with E-state index in [-0.39, 0.29) is 0 Å². The van der Waals surface area contributed by atoms with Crippen molar-refractivity contribution in [2.75, 3.05) is 20.6 Å². The Balaban J connectivity index is 2.06.